The molecule has 0 aliphatic heterocycles. The van der Waals surface area contributed by atoms with Crippen LogP contribution in [0.25, 0.3) is 5.65 Å². The van der Waals surface area contributed by atoms with Gasteiger partial charge in [0.1, 0.15) is 11.5 Å². The molecule has 112 valence electrons. The van der Waals surface area contributed by atoms with Crippen molar-refractivity contribution in [3.63, 3.8) is 0 Å². The molecule has 0 fully saturated rings. The molecule has 0 atom stereocenters. The smallest absolute Gasteiger partial charge is 0.382 e. The van der Waals surface area contributed by atoms with Crippen molar-refractivity contribution >= 4 is 11.5 Å². The van der Waals surface area contributed by atoms with Gasteiger partial charge < -0.3 is 5.73 Å². The summed E-state index contributed by atoms with van der Waals surface area (Å²) in [6, 6.07) is 2.28. The maximum atomic E-state index is 12.7. The fourth-order valence-corrected chi connectivity index (χ4v) is 1.93. The predicted molar refractivity (Wildman–Crippen MR) is 75.6 cm³/mol. The summed E-state index contributed by atoms with van der Waals surface area (Å²) in [5.74, 6) is 5.92. The van der Waals surface area contributed by atoms with E-state index in [1.165, 1.54) is 10.5 Å². The lowest BCUT2D eigenvalue weighted by atomic mass is 10.2. The van der Waals surface area contributed by atoms with E-state index in [1.807, 2.05) is 0 Å². The fourth-order valence-electron chi connectivity index (χ4n) is 1.93. The highest BCUT2D eigenvalue weighted by atomic mass is 19.4. The van der Waals surface area contributed by atoms with Gasteiger partial charge in [-0.2, -0.15) is 13.2 Å². The van der Waals surface area contributed by atoms with Crippen LogP contribution in [0.1, 0.15) is 43.9 Å². The van der Waals surface area contributed by atoms with E-state index >= 15 is 0 Å². The standard InChI is InChI=1S/C15H16F3N3/c1-2-3-4-5-6-7-12-14(19)21-10-11(15(16,17)18)8-9-13(21)20-12/h8-10H,2-5,19H2,1H3. The highest BCUT2D eigenvalue weighted by Crippen LogP contribution is 2.30. The summed E-state index contributed by atoms with van der Waals surface area (Å²) >= 11 is 0. The third-order valence-corrected chi connectivity index (χ3v) is 3.09. The Morgan fingerprint density at radius 1 is 1.29 bits per heavy atom. The molecule has 0 aliphatic carbocycles. The van der Waals surface area contributed by atoms with Crippen molar-refractivity contribution in [2.24, 2.45) is 0 Å². The van der Waals surface area contributed by atoms with Gasteiger partial charge in [0, 0.05) is 12.6 Å². The van der Waals surface area contributed by atoms with Crippen LogP contribution in [0.4, 0.5) is 19.0 Å². The number of aromatic nitrogens is 2. The first-order valence-corrected chi connectivity index (χ1v) is 6.77. The number of imidazole rings is 1. The molecule has 0 saturated carbocycles. The molecule has 2 rings (SSSR count). The molecule has 6 heteroatoms. The molecule has 0 aromatic carbocycles. The number of anilines is 1. The Kier molecular flexibility index (Phi) is 4.41. The van der Waals surface area contributed by atoms with Crippen LogP contribution < -0.4 is 5.73 Å². The molecule has 3 nitrogen and oxygen atoms in total. The molecule has 21 heavy (non-hydrogen) atoms. The second kappa shape index (κ2) is 6.08. The van der Waals surface area contributed by atoms with E-state index in [-0.39, 0.29) is 5.82 Å². The van der Waals surface area contributed by atoms with E-state index in [1.54, 1.807) is 0 Å². The molecule has 0 spiro atoms. The third kappa shape index (κ3) is 3.48. The van der Waals surface area contributed by atoms with Crippen LogP contribution in [0.15, 0.2) is 18.3 Å². The number of unbranched alkanes of at least 4 members (excludes halogenated alkanes) is 3. The zero-order chi connectivity index (χ0) is 15.5. The minimum absolute atomic E-state index is 0.138. The SMILES string of the molecule is CCCCCC#Cc1nc2ccc(C(F)(F)F)cn2c1N. The average Bonchev–Trinajstić information content (AvgIpc) is 2.74. The number of halogens is 3. The number of rotatable bonds is 3. The van der Waals surface area contributed by atoms with E-state index in [4.69, 9.17) is 5.73 Å². The number of hydrogen-bond acceptors (Lipinski definition) is 2. The first-order valence-electron chi connectivity index (χ1n) is 6.77. The summed E-state index contributed by atoms with van der Waals surface area (Å²) < 4.78 is 39.2. The Hall–Kier alpha value is -2.16. The summed E-state index contributed by atoms with van der Waals surface area (Å²) in [7, 11) is 0. The Morgan fingerprint density at radius 3 is 2.71 bits per heavy atom. The summed E-state index contributed by atoms with van der Waals surface area (Å²) in [6.07, 6.45) is 0.476. The van der Waals surface area contributed by atoms with E-state index in [0.29, 0.717) is 11.3 Å². The van der Waals surface area contributed by atoms with Gasteiger partial charge in [-0.05, 0) is 24.5 Å². The van der Waals surface area contributed by atoms with Gasteiger partial charge in [0.05, 0.1) is 5.56 Å². The fraction of sp³-hybridized carbons (Fsp3) is 0.400. The first kappa shape index (κ1) is 15.2. The van der Waals surface area contributed by atoms with E-state index in [0.717, 1.165) is 37.9 Å². The molecule has 0 radical (unpaired) electrons. The highest BCUT2D eigenvalue weighted by Gasteiger charge is 2.31. The zero-order valence-corrected chi connectivity index (χ0v) is 11.7. The third-order valence-electron chi connectivity index (χ3n) is 3.09. The topological polar surface area (TPSA) is 43.3 Å². The molecule has 0 amide bonds. The Bertz CT molecular complexity index is 690. The molecule has 0 saturated heterocycles. The molecule has 0 unspecified atom stereocenters. The van der Waals surface area contributed by atoms with Gasteiger partial charge in [-0.3, -0.25) is 4.40 Å². The number of fused-ring (bicyclic) bond motifs is 1. The molecule has 2 heterocycles. The predicted octanol–water partition coefficient (Wildman–Crippen LogP) is 3.87. The second-order valence-electron chi connectivity index (χ2n) is 4.75. The van der Waals surface area contributed by atoms with E-state index in [2.05, 4.69) is 23.7 Å². The summed E-state index contributed by atoms with van der Waals surface area (Å²) in [5, 5.41) is 0. The van der Waals surface area contributed by atoms with Gasteiger partial charge in [-0.1, -0.05) is 25.7 Å². The van der Waals surface area contributed by atoms with Gasteiger partial charge in [-0.25, -0.2) is 4.98 Å². The number of nitrogens with two attached hydrogens (primary N) is 1. The molecular weight excluding hydrogens is 279 g/mol. The Morgan fingerprint density at radius 2 is 2.05 bits per heavy atom. The van der Waals surface area contributed by atoms with Crippen molar-refractivity contribution in [2.75, 3.05) is 5.73 Å². The largest absolute Gasteiger partial charge is 0.417 e. The molecule has 2 aromatic heterocycles. The van der Waals surface area contributed by atoms with Gasteiger partial charge in [-0.15, -0.1) is 0 Å². The Labute approximate surface area is 121 Å². The molecular formula is C15H16F3N3. The van der Waals surface area contributed by atoms with E-state index < -0.39 is 11.7 Å². The van der Waals surface area contributed by atoms with Crippen molar-refractivity contribution in [1.82, 2.24) is 9.38 Å². The van der Waals surface area contributed by atoms with Gasteiger partial charge in [0.25, 0.3) is 0 Å². The van der Waals surface area contributed by atoms with Gasteiger partial charge in [0.15, 0.2) is 5.69 Å². The van der Waals surface area contributed by atoms with Crippen molar-refractivity contribution < 1.29 is 13.2 Å². The normalized spacial score (nSPS) is 11.4. The molecule has 2 aromatic rings. The number of nitrogens with zero attached hydrogens (tertiary/aromatic N) is 2. The second-order valence-corrected chi connectivity index (χ2v) is 4.75. The van der Waals surface area contributed by atoms with Crippen molar-refractivity contribution in [2.45, 2.75) is 38.8 Å². The zero-order valence-electron chi connectivity index (χ0n) is 11.7. The van der Waals surface area contributed by atoms with Crippen LogP contribution in [-0.2, 0) is 6.18 Å². The maximum Gasteiger partial charge on any atom is 0.417 e. The number of pyridine rings is 1. The lowest BCUT2D eigenvalue weighted by Gasteiger charge is -2.06. The van der Waals surface area contributed by atoms with Crippen LogP contribution in [0.2, 0.25) is 0 Å². The monoisotopic (exact) mass is 295 g/mol. The van der Waals surface area contributed by atoms with Crippen LogP contribution in [0.3, 0.4) is 0 Å². The number of alkyl halides is 3. The lowest BCUT2D eigenvalue weighted by molar-refractivity contribution is -0.137. The summed E-state index contributed by atoms with van der Waals surface area (Å²) in [4.78, 5) is 4.15. The summed E-state index contributed by atoms with van der Waals surface area (Å²) in [5.41, 5.74) is 5.74. The van der Waals surface area contributed by atoms with Crippen molar-refractivity contribution in [3.05, 3.63) is 29.6 Å². The quantitative estimate of drug-likeness (QED) is 0.690. The maximum absolute atomic E-state index is 12.7. The van der Waals surface area contributed by atoms with Crippen LogP contribution in [0, 0.1) is 11.8 Å². The van der Waals surface area contributed by atoms with Gasteiger partial charge >= 0.3 is 6.18 Å². The Balaban J connectivity index is 2.29. The average molecular weight is 295 g/mol. The van der Waals surface area contributed by atoms with Crippen LogP contribution in [0.5, 0.6) is 0 Å². The summed E-state index contributed by atoms with van der Waals surface area (Å²) in [6.45, 7) is 2.10. The minimum atomic E-state index is -4.41. The van der Waals surface area contributed by atoms with E-state index in [9.17, 15) is 13.2 Å². The number of hydrogen-bond donors (Lipinski definition) is 1. The van der Waals surface area contributed by atoms with Gasteiger partial charge in [0.2, 0.25) is 0 Å². The van der Waals surface area contributed by atoms with Crippen molar-refractivity contribution in [3.8, 4) is 11.8 Å². The minimum Gasteiger partial charge on any atom is -0.382 e. The molecule has 2 N–H and O–H groups in total. The lowest BCUT2D eigenvalue weighted by Crippen LogP contribution is -2.06. The van der Waals surface area contributed by atoms with Crippen LogP contribution in [-0.4, -0.2) is 9.38 Å². The molecule has 0 aliphatic rings. The molecule has 0 bridgehead atoms. The number of nitrogen functional groups attached to an aromatic ring is 1. The first-order chi connectivity index (χ1) is 9.93. The highest BCUT2D eigenvalue weighted by molar-refractivity contribution is 5.58. The van der Waals surface area contributed by atoms with Crippen LogP contribution >= 0.6 is 0 Å². The van der Waals surface area contributed by atoms with Crippen molar-refractivity contribution in [1.29, 1.82) is 0 Å².